The van der Waals surface area contributed by atoms with E-state index in [0.717, 1.165) is 22.4 Å². The van der Waals surface area contributed by atoms with Gasteiger partial charge in [-0.1, -0.05) is 23.7 Å². The van der Waals surface area contributed by atoms with Crippen molar-refractivity contribution in [3.05, 3.63) is 39.5 Å². The maximum absolute atomic E-state index is 14.4. The van der Waals surface area contributed by atoms with E-state index >= 15 is 0 Å². The minimum Gasteiger partial charge on any atom is -0.467 e. The number of anilines is 2. The minimum atomic E-state index is -1.17. The number of methoxy groups -OCH3 is 1. The number of halogens is 2. The van der Waals surface area contributed by atoms with Gasteiger partial charge in [-0.05, 0) is 43.4 Å². The molecule has 150 valence electrons. The van der Waals surface area contributed by atoms with Crippen LogP contribution in [-0.2, 0) is 15.1 Å². The van der Waals surface area contributed by atoms with Crippen LogP contribution in [0.1, 0.15) is 41.4 Å². The molecule has 1 saturated carbocycles. The molecule has 4 rings (SSSR count). The molecule has 0 unspecified atom stereocenters. The summed E-state index contributed by atoms with van der Waals surface area (Å²) < 4.78 is 30.6. The number of hydrogen-bond acceptors (Lipinski definition) is 7. The number of hydrazine groups is 1. The third kappa shape index (κ3) is 3.59. The molecule has 2 fully saturated rings. The van der Waals surface area contributed by atoms with Crippen LogP contribution in [0.3, 0.4) is 0 Å². The number of aryl methyl sites for hydroxylation is 2. The van der Waals surface area contributed by atoms with E-state index in [-0.39, 0.29) is 11.2 Å². The van der Waals surface area contributed by atoms with Crippen molar-refractivity contribution in [1.29, 1.82) is 0 Å². The predicted octanol–water partition coefficient (Wildman–Crippen LogP) is 4.20. The lowest BCUT2D eigenvalue weighted by Gasteiger charge is -2.20. The molecule has 9 heteroatoms. The number of alkyl halides is 1. The molecule has 2 heterocycles. The van der Waals surface area contributed by atoms with Crippen LogP contribution >= 0.6 is 11.6 Å². The van der Waals surface area contributed by atoms with E-state index in [9.17, 15) is 4.39 Å². The second-order valence-electron chi connectivity index (χ2n) is 7.04. The summed E-state index contributed by atoms with van der Waals surface area (Å²) >= 11 is 6.32. The van der Waals surface area contributed by atoms with E-state index in [4.69, 9.17) is 25.8 Å². The summed E-state index contributed by atoms with van der Waals surface area (Å²) in [7, 11) is 1.46. The number of ether oxygens (including phenoxy) is 3. The molecule has 0 spiro atoms. The molecule has 1 aromatic carbocycles. The van der Waals surface area contributed by atoms with Gasteiger partial charge in [0.25, 0.3) is 0 Å². The molecule has 1 aliphatic carbocycles. The Bertz CT molecular complexity index is 878. The molecule has 0 radical (unpaired) electrons. The van der Waals surface area contributed by atoms with Crippen LogP contribution in [0.5, 0.6) is 6.01 Å². The molecule has 2 aromatic rings. The van der Waals surface area contributed by atoms with Gasteiger partial charge in [-0.3, -0.25) is 10.9 Å². The predicted molar refractivity (Wildman–Crippen MR) is 103 cm³/mol. The van der Waals surface area contributed by atoms with Crippen molar-refractivity contribution in [2.24, 2.45) is 0 Å². The highest BCUT2D eigenvalue weighted by Gasteiger charge is 2.45. The first-order chi connectivity index (χ1) is 13.4. The van der Waals surface area contributed by atoms with Crippen LogP contribution in [0, 0.1) is 13.8 Å². The van der Waals surface area contributed by atoms with Gasteiger partial charge < -0.3 is 14.2 Å². The Morgan fingerprint density at radius 2 is 1.79 bits per heavy atom. The highest BCUT2D eigenvalue weighted by molar-refractivity contribution is 6.30. The fourth-order valence-electron chi connectivity index (χ4n) is 3.28. The van der Waals surface area contributed by atoms with Crippen LogP contribution in [0.4, 0.5) is 15.9 Å². The number of hydrogen-bond donors (Lipinski definition) is 2. The lowest BCUT2D eigenvalue weighted by molar-refractivity contribution is -0.0439. The van der Waals surface area contributed by atoms with E-state index in [0.29, 0.717) is 37.4 Å². The Morgan fingerprint density at radius 1 is 1.14 bits per heavy atom. The summed E-state index contributed by atoms with van der Waals surface area (Å²) in [5.41, 5.74) is 8.94. The Hall–Kier alpha value is -2.16. The van der Waals surface area contributed by atoms with Gasteiger partial charge in [0.1, 0.15) is 10.8 Å². The van der Waals surface area contributed by atoms with Gasteiger partial charge in [0.15, 0.2) is 12.1 Å². The summed E-state index contributed by atoms with van der Waals surface area (Å²) in [4.78, 5) is 8.42. The Balaban J connectivity index is 1.62. The van der Waals surface area contributed by atoms with Crippen LogP contribution < -0.4 is 15.6 Å². The van der Waals surface area contributed by atoms with Gasteiger partial charge in [-0.2, -0.15) is 9.97 Å². The van der Waals surface area contributed by atoms with Crippen molar-refractivity contribution < 1.29 is 18.6 Å². The van der Waals surface area contributed by atoms with Crippen molar-refractivity contribution >= 4 is 23.1 Å². The third-order valence-corrected chi connectivity index (χ3v) is 5.25. The van der Waals surface area contributed by atoms with Gasteiger partial charge in [0.05, 0.1) is 31.6 Å². The molecule has 1 aromatic heterocycles. The van der Waals surface area contributed by atoms with Gasteiger partial charge in [-0.15, -0.1) is 0 Å². The standard InChI is InChI=1S/C19H22ClFN4O3/c1-10-8-12(19(21)4-5-19)9-11(2)14(10)24-25-16-13(17-27-6-7-28-17)15(20)22-18(23-16)26-3/h8-9,17,24H,4-7H2,1-3H3,(H,22,23,25). The highest BCUT2D eigenvalue weighted by Crippen LogP contribution is 2.50. The summed E-state index contributed by atoms with van der Waals surface area (Å²) in [6.45, 7) is 4.79. The molecule has 2 N–H and O–H groups in total. The topological polar surface area (TPSA) is 77.5 Å². The smallest absolute Gasteiger partial charge is 0.319 e. The SMILES string of the molecule is COc1nc(Cl)c(C2OCCO2)c(NNc2c(C)cc(C3(F)CC3)cc2C)n1. The first-order valence-corrected chi connectivity index (χ1v) is 9.46. The second-order valence-corrected chi connectivity index (χ2v) is 7.40. The van der Waals surface area contributed by atoms with Gasteiger partial charge in [-0.25, -0.2) is 4.39 Å². The van der Waals surface area contributed by atoms with Crippen LogP contribution in [0.2, 0.25) is 5.15 Å². The average Bonchev–Trinajstić information content (AvgIpc) is 3.19. The highest BCUT2D eigenvalue weighted by atomic mass is 35.5. The Labute approximate surface area is 167 Å². The fourth-order valence-corrected chi connectivity index (χ4v) is 3.53. The molecule has 0 amide bonds. The van der Waals surface area contributed by atoms with Crippen molar-refractivity contribution in [2.45, 2.75) is 38.6 Å². The van der Waals surface area contributed by atoms with Gasteiger partial charge >= 0.3 is 6.01 Å². The quantitative estimate of drug-likeness (QED) is 0.548. The number of nitrogens with one attached hydrogen (secondary N) is 2. The fraction of sp³-hybridized carbons (Fsp3) is 0.474. The third-order valence-electron chi connectivity index (χ3n) is 4.96. The number of nitrogens with zero attached hydrogens (tertiary/aromatic N) is 2. The summed E-state index contributed by atoms with van der Waals surface area (Å²) in [5, 5.41) is 0.181. The molecule has 28 heavy (non-hydrogen) atoms. The van der Waals surface area contributed by atoms with Crippen LogP contribution in [0.25, 0.3) is 0 Å². The lowest BCUT2D eigenvalue weighted by atomic mass is 10.0. The zero-order valence-corrected chi connectivity index (χ0v) is 16.7. The maximum atomic E-state index is 14.4. The molecule has 1 aliphatic heterocycles. The maximum Gasteiger partial charge on any atom is 0.319 e. The Morgan fingerprint density at radius 3 is 2.36 bits per heavy atom. The molecule has 0 atom stereocenters. The molecular weight excluding hydrogens is 387 g/mol. The molecule has 7 nitrogen and oxygen atoms in total. The van der Waals surface area contributed by atoms with E-state index in [1.807, 2.05) is 26.0 Å². The summed E-state index contributed by atoms with van der Waals surface area (Å²) in [5.74, 6) is 0.385. The zero-order chi connectivity index (χ0) is 19.9. The first-order valence-electron chi connectivity index (χ1n) is 9.08. The summed E-state index contributed by atoms with van der Waals surface area (Å²) in [6.07, 6.45) is 0.510. The van der Waals surface area contributed by atoms with Crippen molar-refractivity contribution in [2.75, 3.05) is 31.2 Å². The van der Waals surface area contributed by atoms with Crippen LogP contribution in [0.15, 0.2) is 12.1 Å². The van der Waals surface area contributed by atoms with Crippen LogP contribution in [-0.4, -0.2) is 30.3 Å². The Kier molecular flexibility index (Phi) is 5.03. The normalized spacial score (nSPS) is 18.2. The first kappa shape index (κ1) is 19.2. The number of rotatable bonds is 6. The van der Waals surface area contributed by atoms with Gasteiger partial charge in [0, 0.05) is 0 Å². The monoisotopic (exact) mass is 408 g/mol. The minimum absolute atomic E-state index is 0.118. The zero-order valence-electron chi connectivity index (χ0n) is 15.9. The summed E-state index contributed by atoms with van der Waals surface area (Å²) in [6, 6.07) is 3.87. The molecular formula is C19H22ClFN4O3. The van der Waals surface area contributed by atoms with Crippen molar-refractivity contribution in [3.8, 4) is 6.01 Å². The number of benzene rings is 1. The van der Waals surface area contributed by atoms with E-state index in [2.05, 4.69) is 20.8 Å². The van der Waals surface area contributed by atoms with Gasteiger partial charge in [0.2, 0.25) is 0 Å². The number of aromatic nitrogens is 2. The molecule has 2 aliphatic rings. The van der Waals surface area contributed by atoms with E-state index < -0.39 is 12.0 Å². The second kappa shape index (κ2) is 7.35. The lowest BCUT2D eigenvalue weighted by Crippen LogP contribution is -2.17. The molecule has 1 saturated heterocycles. The van der Waals surface area contributed by atoms with E-state index in [1.54, 1.807) is 0 Å². The van der Waals surface area contributed by atoms with Crippen molar-refractivity contribution in [1.82, 2.24) is 9.97 Å². The molecule has 0 bridgehead atoms. The van der Waals surface area contributed by atoms with Crippen molar-refractivity contribution in [3.63, 3.8) is 0 Å². The largest absolute Gasteiger partial charge is 0.467 e. The average molecular weight is 409 g/mol. The van der Waals surface area contributed by atoms with E-state index in [1.165, 1.54) is 7.11 Å².